The molecule has 0 radical (unpaired) electrons. The quantitative estimate of drug-likeness (QED) is 0.899. The van der Waals surface area contributed by atoms with E-state index >= 15 is 0 Å². The number of fused-ring (bicyclic) bond motifs is 1. The van der Waals surface area contributed by atoms with Gasteiger partial charge in [-0.25, -0.2) is 0 Å². The van der Waals surface area contributed by atoms with Crippen molar-refractivity contribution in [2.75, 3.05) is 13.2 Å². The SMILES string of the molecule is O=C(CNC(=O)c1ccco1)N[C@@H]1CCOc2ccccc21. The van der Waals surface area contributed by atoms with E-state index in [0.717, 1.165) is 11.3 Å². The molecule has 1 atom stereocenters. The second kappa shape index (κ2) is 6.34. The Morgan fingerprint density at radius 1 is 1.18 bits per heavy atom. The van der Waals surface area contributed by atoms with E-state index in [1.807, 2.05) is 24.3 Å². The van der Waals surface area contributed by atoms with Gasteiger partial charge in [0.15, 0.2) is 5.76 Å². The van der Waals surface area contributed by atoms with E-state index < -0.39 is 5.91 Å². The van der Waals surface area contributed by atoms with Crippen LogP contribution in [0.1, 0.15) is 28.6 Å². The summed E-state index contributed by atoms with van der Waals surface area (Å²) in [6.07, 6.45) is 2.11. The van der Waals surface area contributed by atoms with Gasteiger partial charge >= 0.3 is 0 Å². The van der Waals surface area contributed by atoms with E-state index in [0.29, 0.717) is 13.0 Å². The highest BCUT2D eigenvalue weighted by molar-refractivity contribution is 5.94. The lowest BCUT2D eigenvalue weighted by molar-refractivity contribution is -0.121. The molecule has 114 valence electrons. The molecule has 1 aliphatic rings. The van der Waals surface area contributed by atoms with Crippen LogP contribution in [0, 0.1) is 0 Å². The fourth-order valence-corrected chi connectivity index (χ4v) is 2.39. The van der Waals surface area contributed by atoms with Gasteiger partial charge < -0.3 is 19.8 Å². The van der Waals surface area contributed by atoms with E-state index in [2.05, 4.69) is 10.6 Å². The summed E-state index contributed by atoms with van der Waals surface area (Å²) in [4.78, 5) is 23.7. The third-order valence-electron chi connectivity index (χ3n) is 3.45. The molecule has 0 bridgehead atoms. The zero-order chi connectivity index (χ0) is 15.4. The largest absolute Gasteiger partial charge is 0.493 e. The molecule has 0 saturated carbocycles. The molecule has 0 aliphatic carbocycles. The van der Waals surface area contributed by atoms with Crippen molar-refractivity contribution in [1.29, 1.82) is 0 Å². The topological polar surface area (TPSA) is 80.6 Å². The van der Waals surface area contributed by atoms with Gasteiger partial charge in [-0.3, -0.25) is 9.59 Å². The van der Waals surface area contributed by atoms with Crippen LogP contribution in [-0.2, 0) is 4.79 Å². The number of benzene rings is 1. The lowest BCUT2D eigenvalue weighted by Crippen LogP contribution is -2.39. The Bertz CT molecular complexity index is 667. The lowest BCUT2D eigenvalue weighted by Gasteiger charge is -2.26. The zero-order valence-corrected chi connectivity index (χ0v) is 11.9. The first-order valence-corrected chi connectivity index (χ1v) is 7.07. The number of amides is 2. The van der Waals surface area contributed by atoms with Crippen molar-refractivity contribution in [1.82, 2.24) is 10.6 Å². The van der Waals surface area contributed by atoms with Crippen molar-refractivity contribution in [2.45, 2.75) is 12.5 Å². The Kier molecular flexibility index (Phi) is 4.09. The molecule has 0 fully saturated rings. The average Bonchev–Trinajstić information content (AvgIpc) is 3.07. The highest BCUT2D eigenvalue weighted by Crippen LogP contribution is 2.31. The maximum Gasteiger partial charge on any atom is 0.287 e. The van der Waals surface area contributed by atoms with Crippen molar-refractivity contribution in [3.8, 4) is 5.75 Å². The van der Waals surface area contributed by atoms with Gasteiger partial charge in [0.05, 0.1) is 25.5 Å². The first-order chi connectivity index (χ1) is 10.7. The van der Waals surface area contributed by atoms with Crippen LogP contribution in [-0.4, -0.2) is 25.0 Å². The van der Waals surface area contributed by atoms with E-state index in [1.54, 1.807) is 12.1 Å². The van der Waals surface area contributed by atoms with E-state index in [9.17, 15) is 9.59 Å². The Hall–Kier alpha value is -2.76. The standard InChI is InChI=1S/C16H16N2O4/c19-15(10-17-16(20)14-6-3-8-21-14)18-12-7-9-22-13-5-2-1-4-11(12)13/h1-6,8,12H,7,9-10H2,(H,17,20)(H,18,19)/t12-/m1/s1. The second-order valence-corrected chi connectivity index (χ2v) is 4.96. The predicted molar refractivity (Wildman–Crippen MR) is 78.5 cm³/mol. The smallest absolute Gasteiger partial charge is 0.287 e. The molecule has 0 saturated heterocycles. The minimum absolute atomic E-state index is 0.0982. The summed E-state index contributed by atoms with van der Waals surface area (Å²) in [5.41, 5.74) is 0.958. The fourth-order valence-electron chi connectivity index (χ4n) is 2.39. The highest BCUT2D eigenvalue weighted by Gasteiger charge is 2.22. The van der Waals surface area contributed by atoms with Crippen molar-refractivity contribution in [3.63, 3.8) is 0 Å². The van der Waals surface area contributed by atoms with E-state index in [4.69, 9.17) is 9.15 Å². The number of carbonyl (C=O) groups is 2. The molecular formula is C16H16N2O4. The van der Waals surface area contributed by atoms with E-state index in [1.165, 1.54) is 6.26 Å². The Morgan fingerprint density at radius 2 is 2.05 bits per heavy atom. The third kappa shape index (κ3) is 3.11. The Balaban J connectivity index is 1.55. The van der Waals surface area contributed by atoms with Crippen LogP contribution >= 0.6 is 0 Å². The zero-order valence-electron chi connectivity index (χ0n) is 11.9. The van der Waals surface area contributed by atoms with Crippen LogP contribution in [0.5, 0.6) is 5.75 Å². The molecule has 3 rings (SSSR count). The average molecular weight is 300 g/mol. The van der Waals surface area contributed by atoms with Gasteiger partial charge in [0.25, 0.3) is 5.91 Å². The van der Waals surface area contributed by atoms with Crippen LogP contribution in [0.25, 0.3) is 0 Å². The summed E-state index contributed by atoms with van der Waals surface area (Å²) >= 11 is 0. The number of para-hydroxylation sites is 1. The molecule has 2 heterocycles. The first kappa shape index (κ1) is 14.2. The molecule has 1 aromatic carbocycles. The van der Waals surface area contributed by atoms with Gasteiger partial charge in [0.1, 0.15) is 5.75 Å². The van der Waals surface area contributed by atoms with Gasteiger partial charge in [-0.15, -0.1) is 0 Å². The van der Waals surface area contributed by atoms with Gasteiger partial charge in [-0.05, 0) is 18.2 Å². The molecular weight excluding hydrogens is 284 g/mol. The van der Waals surface area contributed by atoms with Crippen LogP contribution in [0.4, 0.5) is 0 Å². The fraction of sp³-hybridized carbons (Fsp3) is 0.250. The number of furan rings is 1. The van der Waals surface area contributed by atoms with Crippen molar-refractivity contribution >= 4 is 11.8 Å². The van der Waals surface area contributed by atoms with Crippen molar-refractivity contribution < 1.29 is 18.7 Å². The summed E-state index contributed by atoms with van der Waals surface area (Å²) in [5, 5.41) is 5.43. The molecule has 2 amide bonds. The summed E-state index contributed by atoms with van der Waals surface area (Å²) in [5.74, 6) is 0.317. The van der Waals surface area contributed by atoms with Crippen LogP contribution in [0.3, 0.4) is 0 Å². The number of ether oxygens (including phenoxy) is 1. The monoisotopic (exact) mass is 300 g/mol. The van der Waals surface area contributed by atoms with Gasteiger partial charge in [0, 0.05) is 12.0 Å². The third-order valence-corrected chi connectivity index (χ3v) is 3.45. The lowest BCUT2D eigenvalue weighted by atomic mass is 10.0. The van der Waals surface area contributed by atoms with Gasteiger partial charge in [0.2, 0.25) is 5.91 Å². The second-order valence-electron chi connectivity index (χ2n) is 4.96. The first-order valence-electron chi connectivity index (χ1n) is 7.07. The molecule has 1 aliphatic heterocycles. The minimum Gasteiger partial charge on any atom is -0.493 e. The predicted octanol–water partition coefficient (Wildman–Crippen LogP) is 1.65. The molecule has 2 N–H and O–H groups in total. The van der Waals surface area contributed by atoms with Gasteiger partial charge in [-0.2, -0.15) is 0 Å². The van der Waals surface area contributed by atoms with Gasteiger partial charge in [-0.1, -0.05) is 18.2 Å². The molecule has 6 nitrogen and oxygen atoms in total. The van der Waals surface area contributed by atoms with Crippen molar-refractivity contribution in [3.05, 3.63) is 54.0 Å². The summed E-state index contributed by atoms with van der Waals surface area (Å²) in [6.45, 7) is 0.458. The van der Waals surface area contributed by atoms with Crippen LogP contribution in [0.15, 0.2) is 47.1 Å². The molecule has 2 aromatic rings. The molecule has 1 aromatic heterocycles. The number of hydrogen-bond acceptors (Lipinski definition) is 4. The molecule has 6 heteroatoms. The van der Waals surface area contributed by atoms with Crippen LogP contribution < -0.4 is 15.4 Å². The Morgan fingerprint density at radius 3 is 2.86 bits per heavy atom. The molecule has 0 spiro atoms. The maximum atomic E-state index is 12.0. The highest BCUT2D eigenvalue weighted by atomic mass is 16.5. The number of rotatable bonds is 4. The Labute approximate surface area is 127 Å². The number of hydrogen-bond donors (Lipinski definition) is 2. The maximum absolute atomic E-state index is 12.0. The van der Waals surface area contributed by atoms with Crippen LogP contribution in [0.2, 0.25) is 0 Å². The minimum atomic E-state index is -0.410. The summed E-state index contributed by atoms with van der Waals surface area (Å²) < 4.78 is 10.5. The summed E-state index contributed by atoms with van der Waals surface area (Å²) in [6, 6.07) is 10.7. The molecule has 0 unspecified atom stereocenters. The normalized spacial score (nSPS) is 16.3. The number of nitrogens with one attached hydrogen (secondary N) is 2. The number of carbonyl (C=O) groups excluding carboxylic acids is 2. The molecule has 22 heavy (non-hydrogen) atoms. The van der Waals surface area contributed by atoms with E-state index in [-0.39, 0.29) is 24.3 Å². The van der Waals surface area contributed by atoms with Crippen molar-refractivity contribution in [2.24, 2.45) is 0 Å². The summed E-state index contributed by atoms with van der Waals surface area (Å²) in [7, 11) is 0.